The molecule has 5 heteroatoms. The lowest BCUT2D eigenvalue weighted by Crippen LogP contribution is -2.00. The molecular weight excluding hydrogens is 330 g/mol. The summed E-state index contributed by atoms with van der Waals surface area (Å²) in [6.45, 7) is 0.512. The summed E-state index contributed by atoms with van der Waals surface area (Å²) < 4.78 is 6.28. The van der Waals surface area contributed by atoms with Gasteiger partial charge >= 0.3 is 0 Å². The van der Waals surface area contributed by atoms with Crippen molar-refractivity contribution in [1.82, 2.24) is 10.1 Å². The number of hydrogen-bond acceptors (Lipinski definition) is 4. The topological polar surface area (TPSA) is 51.0 Å². The first-order chi connectivity index (χ1) is 10.3. The molecule has 1 heterocycles. The summed E-state index contributed by atoms with van der Waals surface area (Å²) in [5.41, 5.74) is 2.18. The van der Waals surface area contributed by atoms with Crippen LogP contribution in [0.15, 0.2) is 63.6 Å². The largest absolute Gasteiger partial charge is 0.376 e. The van der Waals surface area contributed by atoms with Crippen LogP contribution in [0.1, 0.15) is 17.3 Å². The number of hydrogen-bond donors (Lipinski definition) is 1. The molecule has 4 nitrogen and oxygen atoms in total. The lowest BCUT2D eigenvalue weighted by Gasteiger charge is -2.02. The highest BCUT2D eigenvalue weighted by Gasteiger charge is 2.06. The molecule has 3 aromatic rings. The molecule has 0 bridgehead atoms. The standard InChI is InChI=1S/C16H14BrN3O/c17-13-7-4-8-14(10-13)18-11-16-19-15(20-21-16)9-12-5-2-1-3-6-12/h1-8,10,18H,9,11H2. The van der Waals surface area contributed by atoms with Gasteiger partial charge in [0.25, 0.3) is 0 Å². The molecule has 0 radical (unpaired) electrons. The molecule has 0 saturated carbocycles. The summed E-state index contributed by atoms with van der Waals surface area (Å²) in [4.78, 5) is 4.39. The van der Waals surface area contributed by atoms with Crippen LogP contribution >= 0.6 is 15.9 Å². The van der Waals surface area contributed by atoms with Crippen molar-refractivity contribution in [2.45, 2.75) is 13.0 Å². The van der Waals surface area contributed by atoms with Gasteiger partial charge in [-0.15, -0.1) is 0 Å². The molecule has 0 unspecified atom stereocenters. The maximum Gasteiger partial charge on any atom is 0.245 e. The Bertz CT molecular complexity index is 712. The fourth-order valence-corrected chi connectivity index (χ4v) is 2.39. The summed E-state index contributed by atoms with van der Waals surface area (Å²) in [7, 11) is 0. The Hall–Kier alpha value is -2.14. The van der Waals surface area contributed by atoms with Crippen LogP contribution in [0.4, 0.5) is 5.69 Å². The van der Waals surface area contributed by atoms with Crippen LogP contribution in [0.5, 0.6) is 0 Å². The number of nitrogens with one attached hydrogen (secondary N) is 1. The van der Waals surface area contributed by atoms with Crippen LogP contribution in [-0.2, 0) is 13.0 Å². The van der Waals surface area contributed by atoms with Crippen LogP contribution in [0.3, 0.4) is 0 Å². The first kappa shape index (κ1) is 13.8. The van der Waals surface area contributed by atoms with E-state index in [2.05, 4.69) is 43.5 Å². The number of nitrogens with zero attached hydrogens (tertiary/aromatic N) is 2. The molecule has 21 heavy (non-hydrogen) atoms. The average Bonchev–Trinajstić information content (AvgIpc) is 2.94. The van der Waals surface area contributed by atoms with Crippen molar-refractivity contribution in [3.05, 3.63) is 76.3 Å². The van der Waals surface area contributed by atoms with Crippen molar-refractivity contribution >= 4 is 21.6 Å². The van der Waals surface area contributed by atoms with Gasteiger partial charge in [-0.1, -0.05) is 57.5 Å². The van der Waals surface area contributed by atoms with Gasteiger partial charge in [-0.2, -0.15) is 4.98 Å². The third-order valence-corrected chi connectivity index (χ3v) is 3.48. The lowest BCUT2D eigenvalue weighted by molar-refractivity contribution is 0.378. The third-order valence-electron chi connectivity index (χ3n) is 2.98. The normalized spacial score (nSPS) is 10.5. The molecule has 0 atom stereocenters. The van der Waals surface area contributed by atoms with Crippen molar-refractivity contribution in [2.24, 2.45) is 0 Å². The molecule has 0 amide bonds. The molecule has 3 rings (SSSR count). The quantitative estimate of drug-likeness (QED) is 0.759. The van der Waals surface area contributed by atoms with Crippen LogP contribution in [0.2, 0.25) is 0 Å². The van der Waals surface area contributed by atoms with Gasteiger partial charge in [-0.25, -0.2) is 0 Å². The Kier molecular flexibility index (Phi) is 4.31. The zero-order chi connectivity index (χ0) is 14.5. The third kappa shape index (κ3) is 3.92. The molecule has 0 aliphatic carbocycles. The minimum Gasteiger partial charge on any atom is -0.376 e. The predicted octanol–water partition coefficient (Wildman–Crippen LogP) is 4.04. The summed E-state index contributed by atoms with van der Waals surface area (Å²) in [5, 5.41) is 7.26. The number of aromatic nitrogens is 2. The van der Waals surface area contributed by atoms with Gasteiger partial charge in [0.15, 0.2) is 5.82 Å². The predicted molar refractivity (Wildman–Crippen MR) is 85.0 cm³/mol. The molecule has 0 fully saturated rings. The highest BCUT2D eigenvalue weighted by Crippen LogP contribution is 2.16. The minimum absolute atomic E-state index is 0.512. The minimum atomic E-state index is 0.512. The molecule has 106 valence electrons. The SMILES string of the molecule is Brc1cccc(NCc2nc(Cc3ccccc3)no2)c1. The number of benzene rings is 2. The Morgan fingerprint density at radius 1 is 1.05 bits per heavy atom. The Balaban J connectivity index is 1.60. The first-order valence-electron chi connectivity index (χ1n) is 6.64. The van der Waals surface area contributed by atoms with Gasteiger partial charge in [-0.3, -0.25) is 0 Å². The maximum atomic E-state index is 5.25. The fourth-order valence-electron chi connectivity index (χ4n) is 1.99. The molecule has 1 N–H and O–H groups in total. The molecule has 2 aromatic carbocycles. The molecule has 0 saturated heterocycles. The molecular formula is C16H14BrN3O. The van der Waals surface area contributed by atoms with Crippen molar-refractivity contribution in [2.75, 3.05) is 5.32 Å². The van der Waals surface area contributed by atoms with E-state index in [1.807, 2.05) is 42.5 Å². The summed E-state index contributed by atoms with van der Waals surface area (Å²) in [5.74, 6) is 1.29. The van der Waals surface area contributed by atoms with Crippen LogP contribution in [0.25, 0.3) is 0 Å². The first-order valence-corrected chi connectivity index (χ1v) is 7.44. The van der Waals surface area contributed by atoms with E-state index >= 15 is 0 Å². The van der Waals surface area contributed by atoms with Gasteiger partial charge in [0.2, 0.25) is 5.89 Å². The average molecular weight is 344 g/mol. The summed E-state index contributed by atoms with van der Waals surface area (Å²) in [6.07, 6.45) is 0.682. The van der Waals surface area contributed by atoms with E-state index in [0.717, 1.165) is 10.2 Å². The summed E-state index contributed by atoms with van der Waals surface area (Å²) >= 11 is 3.44. The lowest BCUT2D eigenvalue weighted by atomic mass is 10.1. The highest BCUT2D eigenvalue weighted by molar-refractivity contribution is 9.10. The smallest absolute Gasteiger partial charge is 0.245 e. The van der Waals surface area contributed by atoms with Crippen molar-refractivity contribution in [3.63, 3.8) is 0 Å². The van der Waals surface area contributed by atoms with Crippen molar-refractivity contribution in [1.29, 1.82) is 0 Å². The van der Waals surface area contributed by atoms with Gasteiger partial charge in [0.05, 0.1) is 6.54 Å². The Labute approximate surface area is 131 Å². The zero-order valence-electron chi connectivity index (χ0n) is 11.3. The van der Waals surface area contributed by atoms with Gasteiger partial charge in [-0.05, 0) is 23.8 Å². The second-order valence-electron chi connectivity index (χ2n) is 4.63. The monoisotopic (exact) mass is 343 g/mol. The van der Waals surface area contributed by atoms with Gasteiger partial charge < -0.3 is 9.84 Å². The van der Waals surface area contributed by atoms with E-state index in [1.165, 1.54) is 5.56 Å². The van der Waals surface area contributed by atoms with Crippen LogP contribution in [0, 0.1) is 0 Å². The molecule has 0 spiro atoms. The van der Waals surface area contributed by atoms with E-state index < -0.39 is 0 Å². The Morgan fingerprint density at radius 3 is 2.71 bits per heavy atom. The second-order valence-corrected chi connectivity index (χ2v) is 5.55. The number of anilines is 1. The maximum absolute atomic E-state index is 5.25. The fraction of sp³-hybridized carbons (Fsp3) is 0.125. The second kappa shape index (κ2) is 6.54. The van der Waals surface area contributed by atoms with Crippen LogP contribution in [-0.4, -0.2) is 10.1 Å². The van der Waals surface area contributed by atoms with E-state index in [4.69, 9.17) is 4.52 Å². The van der Waals surface area contributed by atoms with Gasteiger partial charge in [0, 0.05) is 16.6 Å². The van der Waals surface area contributed by atoms with Gasteiger partial charge in [0.1, 0.15) is 0 Å². The number of rotatable bonds is 5. The molecule has 1 aromatic heterocycles. The molecule has 0 aliphatic heterocycles. The van der Waals surface area contributed by atoms with E-state index in [1.54, 1.807) is 0 Å². The van der Waals surface area contributed by atoms with Crippen molar-refractivity contribution < 1.29 is 4.52 Å². The number of halogens is 1. The van der Waals surface area contributed by atoms with E-state index in [-0.39, 0.29) is 0 Å². The van der Waals surface area contributed by atoms with E-state index in [0.29, 0.717) is 24.7 Å². The summed E-state index contributed by atoms with van der Waals surface area (Å²) in [6, 6.07) is 18.1. The highest BCUT2D eigenvalue weighted by atomic mass is 79.9. The molecule has 0 aliphatic rings. The Morgan fingerprint density at radius 2 is 1.90 bits per heavy atom. The van der Waals surface area contributed by atoms with Crippen LogP contribution < -0.4 is 5.32 Å². The van der Waals surface area contributed by atoms with E-state index in [9.17, 15) is 0 Å². The van der Waals surface area contributed by atoms with Crippen molar-refractivity contribution in [3.8, 4) is 0 Å². The zero-order valence-corrected chi connectivity index (χ0v) is 12.9.